The van der Waals surface area contributed by atoms with Gasteiger partial charge in [0, 0.05) is 28.3 Å². The largest absolute Gasteiger partial charge is 0.357 e. The molecule has 1 atom stereocenters. The van der Waals surface area contributed by atoms with Gasteiger partial charge in [0.15, 0.2) is 5.78 Å². The molecule has 0 radical (unpaired) electrons. The molecule has 0 fully saturated rings. The van der Waals surface area contributed by atoms with Gasteiger partial charge in [-0.1, -0.05) is 50.2 Å². The number of amides is 1. The molecule has 1 aliphatic heterocycles. The smallest absolute Gasteiger partial charge is 0.243 e. The van der Waals surface area contributed by atoms with Crippen LogP contribution in [-0.4, -0.2) is 18.2 Å². The number of para-hydroxylation sites is 3. The standard InChI is InChI=1S/C27H27N3O2S/c1-27(2)15-20-25(22(31)16-27)26(23-13-8-14-33-23)30(21-12-7-6-11-19(21)29-20)17-24(32)28-18-9-4-3-5-10-18/h3-14,26,29H,15-17H2,1-2H3,(H,28,32). The van der Waals surface area contributed by atoms with Gasteiger partial charge in [0.1, 0.15) is 0 Å². The van der Waals surface area contributed by atoms with Gasteiger partial charge in [0.05, 0.1) is 24.0 Å². The molecule has 0 spiro atoms. The van der Waals surface area contributed by atoms with Crippen LogP contribution < -0.4 is 15.5 Å². The van der Waals surface area contributed by atoms with E-state index in [1.807, 2.05) is 66.0 Å². The minimum absolute atomic E-state index is 0.113. The lowest BCUT2D eigenvalue weighted by atomic mass is 9.74. The molecule has 5 rings (SSSR count). The minimum atomic E-state index is -0.318. The summed E-state index contributed by atoms with van der Waals surface area (Å²) in [5, 5.41) is 8.61. The Kier molecular flexibility index (Phi) is 5.54. The van der Waals surface area contributed by atoms with E-state index in [4.69, 9.17) is 0 Å². The maximum atomic E-state index is 13.6. The number of rotatable bonds is 4. The van der Waals surface area contributed by atoms with Gasteiger partial charge in [0.25, 0.3) is 0 Å². The third kappa shape index (κ3) is 4.31. The molecule has 0 bridgehead atoms. The zero-order chi connectivity index (χ0) is 23.0. The van der Waals surface area contributed by atoms with E-state index in [1.165, 1.54) is 0 Å². The number of carbonyl (C=O) groups excluding carboxylic acids is 2. The quantitative estimate of drug-likeness (QED) is 0.504. The molecule has 6 heteroatoms. The molecular weight excluding hydrogens is 430 g/mol. The van der Waals surface area contributed by atoms with Gasteiger partial charge in [-0.05, 0) is 47.5 Å². The van der Waals surface area contributed by atoms with Crippen LogP contribution in [-0.2, 0) is 9.59 Å². The van der Waals surface area contributed by atoms with Crippen molar-refractivity contribution in [3.05, 3.63) is 88.3 Å². The number of fused-ring (bicyclic) bond motifs is 1. The molecule has 1 amide bonds. The van der Waals surface area contributed by atoms with Crippen molar-refractivity contribution in [1.29, 1.82) is 0 Å². The number of benzene rings is 2. The Balaban J connectivity index is 1.61. The van der Waals surface area contributed by atoms with Crippen molar-refractivity contribution in [2.75, 3.05) is 22.1 Å². The molecule has 2 heterocycles. The lowest BCUT2D eigenvalue weighted by Gasteiger charge is -2.37. The Morgan fingerprint density at radius 1 is 1.06 bits per heavy atom. The molecule has 5 nitrogen and oxygen atoms in total. The topological polar surface area (TPSA) is 61.4 Å². The highest BCUT2D eigenvalue weighted by Gasteiger charge is 2.42. The summed E-state index contributed by atoms with van der Waals surface area (Å²) in [6.07, 6.45) is 1.28. The summed E-state index contributed by atoms with van der Waals surface area (Å²) < 4.78 is 0. The molecule has 0 saturated carbocycles. The second-order valence-electron chi connectivity index (χ2n) is 9.44. The normalized spacial score (nSPS) is 19.3. The lowest BCUT2D eigenvalue weighted by Crippen LogP contribution is -2.39. The van der Waals surface area contributed by atoms with E-state index < -0.39 is 0 Å². The van der Waals surface area contributed by atoms with Crippen LogP contribution in [0.5, 0.6) is 0 Å². The number of nitrogens with one attached hydrogen (secondary N) is 2. The first-order valence-corrected chi connectivity index (χ1v) is 12.1. The summed E-state index contributed by atoms with van der Waals surface area (Å²) in [5.74, 6) is 0.0265. The number of hydrogen-bond donors (Lipinski definition) is 2. The van der Waals surface area contributed by atoms with Crippen molar-refractivity contribution in [1.82, 2.24) is 0 Å². The lowest BCUT2D eigenvalue weighted by molar-refractivity contribution is -0.119. The molecular formula is C27H27N3O2S. The van der Waals surface area contributed by atoms with E-state index in [0.717, 1.165) is 39.6 Å². The van der Waals surface area contributed by atoms with Gasteiger partial charge in [0.2, 0.25) is 5.91 Å². The number of thiophene rings is 1. The van der Waals surface area contributed by atoms with Gasteiger partial charge in [-0.3, -0.25) is 9.59 Å². The highest BCUT2D eigenvalue weighted by molar-refractivity contribution is 7.10. The molecule has 0 saturated heterocycles. The minimum Gasteiger partial charge on any atom is -0.357 e. The number of ketones is 1. The van der Waals surface area contributed by atoms with Crippen molar-refractivity contribution < 1.29 is 9.59 Å². The monoisotopic (exact) mass is 457 g/mol. The second-order valence-corrected chi connectivity index (χ2v) is 10.4. The first-order valence-electron chi connectivity index (χ1n) is 11.2. The Bertz CT molecular complexity index is 1220. The third-order valence-corrected chi connectivity index (χ3v) is 7.11. The predicted octanol–water partition coefficient (Wildman–Crippen LogP) is 6.00. The summed E-state index contributed by atoms with van der Waals surface area (Å²) in [7, 11) is 0. The van der Waals surface area contributed by atoms with E-state index in [-0.39, 0.29) is 29.7 Å². The fourth-order valence-corrected chi connectivity index (χ4v) is 5.69. The molecule has 2 N–H and O–H groups in total. The van der Waals surface area contributed by atoms with Gasteiger partial charge >= 0.3 is 0 Å². The maximum Gasteiger partial charge on any atom is 0.243 e. The third-order valence-electron chi connectivity index (χ3n) is 6.19. The van der Waals surface area contributed by atoms with E-state index in [2.05, 4.69) is 35.4 Å². The number of Topliss-reactive ketones (excluding diaryl/α,β-unsaturated/α-hetero) is 1. The number of carbonyl (C=O) groups is 2. The van der Waals surface area contributed by atoms with Crippen molar-refractivity contribution in [3.63, 3.8) is 0 Å². The number of nitrogens with zero attached hydrogens (tertiary/aromatic N) is 1. The first kappa shape index (κ1) is 21.5. The predicted molar refractivity (Wildman–Crippen MR) is 135 cm³/mol. The molecule has 1 unspecified atom stereocenters. The number of hydrogen-bond acceptors (Lipinski definition) is 5. The second kappa shape index (κ2) is 8.52. The highest BCUT2D eigenvalue weighted by Crippen LogP contribution is 2.48. The van der Waals surface area contributed by atoms with E-state index in [0.29, 0.717) is 6.42 Å². The summed E-state index contributed by atoms with van der Waals surface area (Å²) in [4.78, 5) is 29.9. The van der Waals surface area contributed by atoms with E-state index >= 15 is 0 Å². The SMILES string of the molecule is CC1(C)CC(=O)C2=C(C1)Nc1ccccc1N(CC(=O)Nc1ccccc1)C2c1cccs1. The summed E-state index contributed by atoms with van der Waals surface area (Å²) in [6.45, 7) is 4.40. The van der Waals surface area contributed by atoms with E-state index in [9.17, 15) is 9.59 Å². The Morgan fingerprint density at radius 3 is 2.58 bits per heavy atom. The molecule has 33 heavy (non-hydrogen) atoms. The summed E-state index contributed by atoms with van der Waals surface area (Å²) >= 11 is 1.62. The van der Waals surface area contributed by atoms with Crippen molar-refractivity contribution in [2.24, 2.45) is 5.41 Å². The molecule has 1 aliphatic carbocycles. The molecule has 3 aromatic rings. The summed E-state index contributed by atoms with van der Waals surface area (Å²) in [5.41, 5.74) is 4.22. The molecule has 1 aromatic heterocycles. The molecule has 168 valence electrons. The van der Waals surface area contributed by atoms with Gasteiger partial charge < -0.3 is 15.5 Å². The van der Waals surface area contributed by atoms with Crippen LogP contribution in [0.2, 0.25) is 0 Å². The number of allylic oxidation sites excluding steroid dienone is 1. The molecule has 2 aromatic carbocycles. The average molecular weight is 458 g/mol. The fraction of sp³-hybridized carbons (Fsp3) is 0.259. The van der Waals surface area contributed by atoms with Crippen LogP contribution in [0.25, 0.3) is 0 Å². The Morgan fingerprint density at radius 2 is 1.82 bits per heavy atom. The van der Waals surface area contributed by atoms with Crippen molar-refractivity contribution in [2.45, 2.75) is 32.7 Å². The van der Waals surface area contributed by atoms with Crippen molar-refractivity contribution >= 4 is 40.1 Å². The van der Waals surface area contributed by atoms with Crippen molar-refractivity contribution in [3.8, 4) is 0 Å². The van der Waals surface area contributed by atoms with Crippen LogP contribution in [0, 0.1) is 5.41 Å². The van der Waals surface area contributed by atoms with Crippen LogP contribution in [0.15, 0.2) is 83.4 Å². The van der Waals surface area contributed by atoms with Crippen LogP contribution in [0.1, 0.15) is 37.6 Å². The van der Waals surface area contributed by atoms with Crippen LogP contribution in [0.4, 0.5) is 17.1 Å². The Hall–Kier alpha value is -3.38. The maximum absolute atomic E-state index is 13.6. The fourth-order valence-electron chi connectivity index (χ4n) is 4.85. The van der Waals surface area contributed by atoms with Gasteiger partial charge in [-0.25, -0.2) is 0 Å². The molecule has 2 aliphatic rings. The first-order chi connectivity index (χ1) is 15.9. The van der Waals surface area contributed by atoms with Gasteiger partial charge in [-0.2, -0.15) is 0 Å². The average Bonchev–Trinajstić information content (AvgIpc) is 3.26. The summed E-state index contributed by atoms with van der Waals surface area (Å²) in [6, 6.07) is 21.2. The van der Waals surface area contributed by atoms with E-state index in [1.54, 1.807) is 11.3 Å². The zero-order valence-electron chi connectivity index (χ0n) is 18.8. The van der Waals surface area contributed by atoms with Gasteiger partial charge in [-0.15, -0.1) is 11.3 Å². The van der Waals surface area contributed by atoms with Crippen LogP contribution in [0.3, 0.4) is 0 Å². The van der Waals surface area contributed by atoms with Crippen LogP contribution >= 0.6 is 11.3 Å². The highest BCUT2D eigenvalue weighted by atomic mass is 32.1. The number of anilines is 3. The Labute approximate surface area is 198 Å². The zero-order valence-corrected chi connectivity index (χ0v) is 19.6.